The third-order valence-electron chi connectivity index (χ3n) is 13.9. The maximum absolute atomic E-state index is 13.1. The van der Waals surface area contributed by atoms with E-state index >= 15 is 0 Å². The Labute approximate surface area is 480 Å². The van der Waals surface area contributed by atoms with E-state index in [-0.39, 0.29) is 25.9 Å². The van der Waals surface area contributed by atoms with Crippen LogP contribution in [0, 0.1) is 0 Å². The van der Waals surface area contributed by atoms with Gasteiger partial charge in [0, 0.05) is 19.3 Å². The Hall–Kier alpha value is -4.10. The van der Waals surface area contributed by atoms with Crippen LogP contribution in [0.2, 0.25) is 0 Å². The summed E-state index contributed by atoms with van der Waals surface area (Å²) < 4.78 is 28.4. The molecular weight excluding hydrogens is 997 g/mol. The standard InChI is InChI=1S/C67H112O12/c1-4-7-10-13-16-19-22-25-27-29-30-32-33-36-38-41-44-47-50-53-59(68)75-56-58(77-60(69)54-51-48-45-42-39-35-24-21-18-15-12-9-6-3)57-76-67-65(63(72)62(71)64(79-67)66(73)74)78-61(70)55-52-49-46-43-40-37-34-31-28-26-23-20-17-14-11-8-5-2/h9,12,16,18-19,21,25-28,30,32,35,39,58,62-65,67,71-72H,4-8,10-11,13-15,17,20,22-24,29,31,33-34,36-38,40-57H2,1-3H3,(H,73,74)/b12-9-,19-16-,21-18-,27-25-,28-26-,32-30-,39-35-. The number of aliphatic hydroxyl groups is 2. The minimum absolute atomic E-state index is 0.0483. The Bertz CT molecular complexity index is 1700. The fourth-order valence-corrected chi connectivity index (χ4v) is 9.09. The molecule has 0 aromatic heterocycles. The van der Waals surface area contributed by atoms with Crippen LogP contribution >= 0.6 is 0 Å². The summed E-state index contributed by atoms with van der Waals surface area (Å²) in [7, 11) is 0. The van der Waals surface area contributed by atoms with E-state index in [0.717, 1.165) is 128 Å². The predicted octanol–water partition coefficient (Wildman–Crippen LogP) is 16.7. The lowest BCUT2D eigenvalue weighted by molar-refractivity contribution is -0.301. The van der Waals surface area contributed by atoms with Gasteiger partial charge < -0.3 is 39.0 Å². The summed E-state index contributed by atoms with van der Waals surface area (Å²) >= 11 is 0. The van der Waals surface area contributed by atoms with Crippen LogP contribution in [0.4, 0.5) is 0 Å². The Morgan fingerprint density at radius 2 is 0.797 bits per heavy atom. The van der Waals surface area contributed by atoms with Crippen LogP contribution < -0.4 is 0 Å². The number of carbonyl (C=O) groups is 4. The Morgan fingerprint density at radius 1 is 0.430 bits per heavy atom. The lowest BCUT2D eigenvalue weighted by atomic mass is 9.98. The SMILES string of the molecule is CC/C=C\C/C=C\C/C=C\CCCCCC(=O)OC(COC(=O)CCCCCCCC/C=C\C/C=C\C/C=C\CCCCC)COC1OC(C(=O)O)C(O)C(O)C1OC(=O)CCCCCCCCC/C=C\CCCCCCCC. The molecule has 12 nitrogen and oxygen atoms in total. The first-order chi connectivity index (χ1) is 38.6. The number of allylic oxidation sites excluding steroid dienone is 14. The molecule has 1 saturated heterocycles. The van der Waals surface area contributed by atoms with Gasteiger partial charge in [-0.15, -0.1) is 0 Å². The van der Waals surface area contributed by atoms with Gasteiger partial charge in [0.15, 0.2) is 24.6 Å². The zero-order chi connectivity index (χ0) is 57.5. The second-order valence-electron chi connectivity index (χ2n) is 21.3. The van der Waals surface area contributed by atoms with Crippen LogP contribution in [0.15, 0.2) is 85.1 Å². The number of hydrogen-bond acceptors (Lipinski definition) is 11. The first kappa shape index (κ1) is 72.9. The van der Waals surface area contributed by atoms with Crippen molar-refractivity contribution in [3.8, 4) is 0 Å². The van der Waals surface area contributed by atoms with Crippen molar-refractivity contribution in [3.05, 3.63) is 85.1 Å². The number of rotatable bonds is 53. The van der Waals surface area contributed by atoms with Crippen LogP contribution in [0.3, 0.4) is 0 Å². The number of ether oxygens (including phenoxy) is 5. The van der Waals surface area contributed by atoms with Gasteiger partial charge in [-0.3, -0.25) is 14.4 Å². The molecule has 0 aliphatic carbocycles. The predicted molar refractivity (Wildman–Crippen MR) is 321 cm³/mol. The van der Waals surface area contributed by atoms with Crippen LogP contribution in [0.5, 0.6) is 0 Å². The number of carboxylic acids is 1. The van der Waals surface area contributed by atoms with E-state index in [1.807, 2.05) is 0 Å². The molecular formula is C67H112O12. The third kappa shape index (κ3) is 44.3. The number of hydrogen-bond donors (Lipinski definition) is 3. The van der Waals surface area contributed by atoms with Gasteiger partial charge in [0.2, 0.25) is 0 Å². The number of unbranched alkanes of at least 4 members (excludes halogenated alkanes) is 25. The topological polar surface area (TPSA) is 175 Å². The smallest absolute Gasteiger partial charge is 0.335 e. The summed E-state index contributed by atoms with van der Waals surface area (Å²) in [5.74, 6) is -3.18. The van der Waals surface area contributed by atoms with Crippen molar-refractivity contribution in [1.29, 1.82) is 0 Å². The van der Waals surface area contributed by atoms with E-state index in [0.29, 0.717) is 19.3 Å². The highest BCUT2D eigenvalue weighted by Crippen LogP contribution is 2.26. The largest absolute Gasteiger partial charge is 0.479 e. The molecule has 3 N–H and O–H groups in total. The molecule has 0 spiro atoms. The summed E-state index contributed by atoms with van der Waals surface area (Å²) in [6.45, 7) is 5.82. The minimum Gasteiger partial charge on any atom is -0.479 e. The highest BCUT2D eigenvalue weighted by Gasteiger charge is 2.50. The fourth-order valence-electron chi connectivity index (χ4n) is 9.09. The summed E-state index contributed by atoms with van der Waals surface area (Å²) in [5.41, 5.74) is 0. The molecule has 79 heavy (non-hydrogen) atoms. The Kier molecular flexibility index (Phi) is 50.3. The zero-order valence-electron chi connectivity index (χ0n) is 49.8. The van der Waals surface area contributed by atoms with Crippen LogP contribution in [0.1, 0.15) is 265 Å². The highest BCUT2D eigenvalue weighted by atomic mass is 16.7. The highest BCUT2D eigenvalue weighted by molar-refractivity contribution is 5.74. The number of aliphatic hydroxyl groups excluding tert-OH is 2. The number of carbonyl (C=O) groups excluding carboxylic acids is 3. The monoisotopic (exact) mass is 1110 g/mol. The molecule has 0 saturated carbocycles. The Balaban J connectivity index is 2.68. The van der Waals surface area contributed by atoms with Crippen molar-refractivity contribution in [2.75, 3.05) is 13.2 Å². The van der Waals surface area contributed by atoms with Crippen molar-refractivity contribution in [1.82, 2.24) is 0 Å². The van der Waals surface area contributed by atoms with Crippen molar-refractivity contribution < 1.29 is 58.2 Å². The second-order valence-corrected chi connectivity index (χ2v) is 21.3. The maximum atomic E-state index is 13.1. The van der Waals surface area contributed by atoms with Gasteiger partial charge in [-0.05, 0) is 116 Å². The molecule has 1 aliphatic rings. The first-order valence-electron chi connectivity index (χ1n) is 31.6. The van der Waals surface area contributed by atoms with Crippen LogP contribution in [0.25, 0.3) is 0 Å². The summed E-state index contributed by atoms with van der Waals surface area (Å²) in [5, 5.41) is 31.5. The minimum atomic E-state index is -1.91. The molecule has 6 unspecified atom stereocenters. The molecule has 1 fully saturated rings. The van der Waals surface area contributed by atoms with Gasteiger partial charge in [-0.25, -0.2) is 4.79 Å². The number of carboxylic acid groups (broad SMARTS) is 1. The number of esters is 3. The normalized spacial score (nSPS) is 18.4. The van der Waals surface area contributed by atoms with Gasteiger partial charge in [-0.1, -0.05) is 215 Å². The molecule has 452 valence electrons. The van der Waals surface area contributed by atoms with Gasteiger partial charge in [-0.2, -0.15) is 0 Å². The molecule has 1 heterocycles. The third-order valence-corrected chi connectivity index (χ3v) is 13.9. The molecule has 0 amide bonds. The maximum Gasteiger partial charge on any atom is 0.335 e. The molecule has 0 aromatic rings. The van der Waals surface area contributed by atoms with E-state index in [4.69, 9.17) is 23.7 Å². The molecule has 0 aromatic carbocycles. The number of aliphatic carboxylic acids is 1. The van der Waals surface area contributed by atoms with E-state index in [1.165, 1.54) is 77.0 Å². The van der Waals surface area contributed by atoms with Gasteiger partial charge >= 0.3 is 23.9 Å². The van der Waals surface area contributed by atoms with Crippen molar-refractivity contribution in [2.24, 2.45) is 0 Å². The van der Waals surface area contributed by atoms with Gasteiger partial charge in [0.1, 0.15) is 18.8 Å². The molecule has 0 radical (unpaired) electrons. The Morgan fingerprint density at radius 3 is 1.27 bits per heavy atom. The second kappa shape index (κ2) is 54.5. The van der Waals surface area contributed by atoms with Gasteiger partial charge in [0.25, 0.3) is 0 Å². The quantitative estimate of drug-likeness (QED) is 0.0228. The summed E-state index contributed by atoms with van der Waals surface area (Å²) in [4.78, 5) is 51.2. The molecule has 1 aliphatic heterocycles. The summed E-state index contributed by atoms with van der Waals surface area (Å²) in [6, 6.07) is 0. The van der Waals surface area contributed by atoms with E-state index in [2.05, 4.69) is 106 Å². The average molecular weight is 1110 g/mol. The van der Waals surface area contributed by atoms with Gasteiger partial charge in [0.05, 0.1) is 6.61 Å². The molecule has 1 rings (SSSR count). The lowest BCUT2D eigenvalue weighted by Gasteiger charge is -2.40. The van der Waals surface area contributed by atoms with Crippen LogP contribution in [-0.2, 0) is 42.9 Å². The van der Waals surface area contributed by atoms with Crippen molar-refractivity contribution in [3.63, 3.8) is 0 Å². The van der Waals surface area contributed by atoms with Crippen molar-refractivity contribution >= 4 is 23.9 Å². The van der Waals surface area contributed by atoms with Crippen LogP contribution in [-0.4, -0.2) is 89.2 Å². The van der Waals surface area contributed by atoms with E-state index < -0.39 is 67.3 Å². The molecule has 12 heteroatoms. The fraction of sp³-hybridized carbons (Fsp3) is 0.731. The lowest BCUT2D eigenvalue weighted by Crippen LogP contribution is -2.61. The average Bonchev–Trinajstić information content (AvgIpc) is 3.44. The first-order valence-corrected chi connectivity index (χ1v) is 31.6. The van der Waals surface area contributed by atoms with E-state index in [9.17, 15) is 34.5 Å². The van der Waals surface area contributed by atoms with E-state index in [1.54, 1.807) is 0 Å². The molecule has 6 atom stereocenters. The zero-order valence-corrected chi connectivity index (χ0v) is 49.8. The molecule has 0 bridgehead atoms. The van der Waals surface area contributed by atoms with Crippen molar-refractivity contribution in [2.45, 2.75) is 302 Å². The summed E-state index contributed by atoms with van der Waals surface area (Å²) in [6.07, 6.45) is 58.3.